The van der Waals surface area contributed by atoms with Crippen molar-refractivity contribution in [3.05, 3.63) is 107 Å². The van der Waals surface area contributed by atoms with Crippen molar-refractivity contribution >= 4 is 23.8 Å². The Kier molecular flexibility index (Phi) is 9.01. The molecule has 3 aromatic carbocycles. The summed E-state index contributed by atoms with van der Waals surface area (Å²) in [5, 5.41) is 4.19. The van der Waals surface area contributed by atoms with Crippen molar-refractivity contribution in [2.75, 3.05) is 0 Å². The van der Waals surface area contributed by atoms with E-state index in [-0.39, 0.29) is 22.4 Å². The summed E-state index contributed by atoms with van der Waals surface area (Å²) in [6.07, 6.45) is 0. The van der Waals surface area contributed by atoms with Crippen molar-refractivity contribution < 1.29 is 22.4 Å². The summed E-state index contributed by atoms with van der Waals surface area (Å²) in [5.74, 6) is 0. The second-order valence-electron chi connectivity index (χ2n) is 4.43. The van der Waals surface area contributed by atoms with E-state index in [1.807, 2.05) is 0 Å². The Morgan fingerprint density at radius 1 is 0.522 bits per heavy atom. The number of nitrogens with zero attached hydrogens (tertiary/aromatic N) is 3. The van der Waals surface area contributed by atoms with Gasteiger partial charge in [-0.05, 0) is 23.8 Å². The summed E-state index contributed by atoms with van der Waals surface area (Å²) in [6.45, 7) is 0. The third-order valence-corrected chi connectivity index (χ3v) is 5.49. The molecule has 0 aliphatic rings. The molecule has 3 rings (SSSR count). The van der Waals surface area contributed by atoms with Crippen molar-refractivity contribution in [1.82, 2.24) is 0 Å². The van der Waals surface area contributed by atoms with Crippen LogP contribution >= 0.6 is 7.92 Å². The Hall–Kier alpha value is -1.86. The van der Waals surface area contributed by atoms with Crippen molar-refractivity contribution in [3.63, 3.8) is 0 Å². The molecule has 0 saturated heterocycles. The molecule has 0 saturated carbocycles. The monoisotopic (exact) mass is 501 g/mol. The first kappa shape index (κ1) is 19.2. The molecule has 5 heteroatoms. The predicted molar refractivity (Wildman–Crippen MR) is 95.2 cm³/mol. The van der Waals surface area contributed by atoms with E-state index in [1.165, 1.54) is 20.8 Å². The molecule has 0 fully saturated rings. The van der Waals surface area contributed by atoms with Crippen LogP contribution in [0.25, 0.3) is 16.0 Å². The molecule has 3 nitrogen and oxygen atoms in total. The van der Waals surface area contributed by atoms with Gasteiger partial charge in [-0.25, -0.2) is 0 Å². The van der Waals surface area contributed by atoms with E-state index in [1.54, 1.807) is 0 Å². The minimum Gasteiger partial charge on any atom is -0.373 e. The molecule has 0 aromatic heterocycles. The topological polar surface area (TPSA) is 58.7 Å². The molecule has 0 aliphatic heterocycles. The van der Waals surface area contributed by atoms with Gasteiger partial charge < -0.3 is 11.1 Å². The number of benzene rings is 3. The van der Waals surface area contributed by atoms with Gasteiger partial charge in [-0.2, -0.15) is 0 Å². The quantitative estimate of drug-likeness (QED) is 0.169. The van der Waals surface area contributed by atoms with Crippen LogP contribution in [-0.4, -0.2) is 0 Å². The molecular weight excluding hydrogens is 486 g/mol. The molecule has 0 amide bonds. The molecule has 0 atom stereocenters. The maximum atomic E-state index is 6.75. The van der Waals surface area contributed by atoms with Gasteiger partial charge in [-0.15, -0.1) is 0 Å². The maximum Gasteiger partial charge on any atom is 1.00 e. The first-order chi connectivity index (χ1) is 10.9. The van der Waals surface area contributed by atoms with E-state index in [0.717, 1.165) is 0 Å². The van der Waals surface area contributed by atoms with E-state index < -0.39 is 7.92 Å². The smallest absolute Gasteiger partial charge is 0.373 e. The molecule has 118 valence electrons. The molecule has 0 N–H and O–H groups in total. The number of hydrogen-bond donors (Lipinski definition) is 0. The van der Waals surface area contributed by atoms with E-state index >= 15 is 0 Å². The van der Waals surface area contributed by atoms with Crippen molar-refractivity contribution in [1.29, 1.82) is 0 Å². The molecule has 0 heterocycles. The molecule has 0 unspecified atom stereocenters. The fourth-order valence-corrected chi connectivity index (χ4v) is 4.48. The zero-order valence-electron chi connectivity index (χ0n) is 12.3. The SMILES string of the molecule is [Au+].[N-]=[N+]=[N-].c1ccc(P(c2ccccc2)c2ccccc2)cc1. The number of rotatable bonds is 3. The molecule has 3 aromatic rings. The van der Waals surface area contributed by atoms with Crippen molar-refractivity contribution in [2.45, 2.75) is 0 Å². The van der Waals surface area contributed by atoms with Gasteiger partial charge in [0.15, 0.2) is 0 Å². The van der Waals surface area contributed by atoms with Crippen LogP contribution in [0.5, 0.6) is 0 Å². The average molecular weight is 501 g/mol. The Morgan fingerprint density at radius 3 is 0.957 bits per heavy atom. The number of hydrogen-bond acceptors (Lipinski definition) is 0. The van der Waals surface area contributed by atoms with Gasteiger partial charge in [-0.1, -0.05) is 91.0 Å². The van der Waals surface area contributed by atoms with Crippen LogP contribution in [0.2, 0.25) is 0 Å². The summed E-state index contributed by atoms with van der Waals surface area (Å²) >= 11 is 0. The van der Waals surface area contributed by atoms with Gasteiger partial charge in [0, 0.05) is 0 Å². The zero-order chi connectivity index (χ0) is 15.6. The van der Waals surface area contributed by atoms with E-state index in [2.05, 4.69) is 91.0 Å². The van der Waals surface area contributed by atoms with Gasteiger partial charge in [-0.3, -0.25) is 4.91 Å². The Labute approximate surface area is 153 Å². The fourth-order valence-electron chi connectivity index (χ4n) is 2.18. The molecule has 0 aliphatic carbocycles. The van der Waals surface area contributed by atoms with E-state index in [4.69, 9.17) is 11.1 Å². The average Bonchev–Trinajstić information content (AvgIpc) is 2.59. The summed E-state index contributed by atoms with van der Waals surface area (Å²) in [6, 6.07) is 32.3. The minimum atomic E-state index is -0.446. The third kappa shape index (κ3) is 5.69. The van der Waals surface area contributed by atoms with Gasteiger partial charge in [0.2, 0.25) is 0 Å². The summed E-state index contributed by atoms with van der Waals surface area (Å²) in [7, 11) is -0.446. The fraction of sp³-hybridized carbons (Fsp3) is 0. The van der Waals surface area contributed by atoms with Crippen LogP contribution in [0.15, 0.2) is 91.0 Å². The second-order valence-corrected chi connectivity index (χ2v) is 6.65. The Balaban J connectivity index is 0.000000615. The van der Waals surface area contributed by atoms with Crippen molar-refractivity contribution in [3.8, 4) is 0 Å². The van der Waals surface area contributed by atoms with Gasteiger partial charge >= 0.3 is 22.4 Å². The van der Waals surface area contributed by atoms with E-state index in [0.29, 0.717) is 0 Å². The van der Waals surface area contributed by atoms with E-state index in [9.17, 15) is 0 Å². The van der Waals surface area contributed by atoms with Gasteiger partial charge in [0.1, 0.15) is 0 Å². The molecular formula is C18H15AuN3P. The van der Waals surface area contributed by atoms with Crippen LogP contribution in [0.3, 0.4) is 0 Å². The first-order valence-corrected chi connectivity index (χ1v) is 8.14. The molecule has 0 bridgehead atoms. The van der Waals surface area contributed by atoms with Crippen molar-refractivity contribution in [2.24, 2.45) is 0 Å². The summed E-state index contributed by atoms with van der Waals surface area (Å²) in [4.78, 5) is 1.50. The third-order valence-electron chi connectivity index (χ3n) is 3.04. The summed E-state index contributed by atoms with van der Waals surface area (Å²) in [5.41, 5.74) is 13.5. The standard InChI is InChI=1S/C18H15P.Au.N3/c1-4-10-16(11-5-1)19(17-12-6-2-7-13-17)18-14-8-3-9-15-18;;1-3-2/h1-15H;;/q;+1;-1. The molecule has 23 heavy (non-hydrogen) atoms. The van der Waals surface area contributed by atoms with Crippen LogP contribution in [-0.2, 0) is 22.4 Å². The molecule has 0 radical (unpaired) electrons. The predicted octanol–water partition coefficient (Wildman–Crippen LogP) is 4.31. The Bertz CT molecular complexity index is 621. The molecule has 0 spiro atoms. The Morgan fingerprint density at radius 2 is 0.739 bits per heavy atom. The van der Waals surface area contributed by atoms with Gasteiger partial charge in [0.25, 0.3) is 0 Å². The maximum absolute atomic E-state index is 6.75. The first-order valence-electron chi connectivity index (χ1n) is 6.80. The van der Waals surface area contributed by atoms with Crippen LogP contribution in [0, 0.1) is 0 Å². The second kappa shape index (κ2) is 10.8. The minimum absolute atomic E-state index is 0. The van der Waals surface area contributed by atoms with Crippen LogP contribution < -0.4 is 15.9 Å². The van der Waals surface area contributed by atoms with Gasteiger partial charge in [0.05, 0.1) is 0 Å². The normalized spacial score (nSPS) is 9.09. The zero-order valence-corrected chi connectivity index (χ0v) is 15.3. The largest absolute Gasteiger partial charge is 1.00 e. The summed E-state index contributed by atoms with van der Waals surface area (Å²) < 4.78 is 0. The van der Waals surface area contributed by atoms with Crippen LogP contribution in [0.1, 0.15) is 0 Å². The van der Waals surface area contributed by atoms with Crippen LogP contribution in [0.4, 0.5) is 0 Å².